The topological polar surface area (TPSA) is 52.1 Å². The van der Waals surface area contributed by atoms with Crippen molar-refractivity contribution in [2.24, 2.45) is 0 Å². The molecule has 1 aliphatic heterocycles. The average Bonchev–Trinajstić information content (AvgIpc) is 2.74. The van der Waals surface area contributed by atoms with E-state index in [1.807, 2.05) is 12.1 Å². The van der Waals surface area contributed by atoms with Crippen molar-refractivity contribution in [2.45, 2.75) is 25.3 Å². The molecule has 0 atom stereocenters. The molecule has 0 radical (unpaired) electrons. The Bertz CT molecular complexity index is 655. The van der Waals surface area contributed by atoms with Crippen molar-refractivity contribution in [3.63, 3.8) is 0 Å². The van der Waals surface area contributed by atoms with Crippen molar-refractivity contribution in [3.05, 3.63) is 16.9 Å². The monoisotopic (exact) mass is 279 g/mol. The third-order valence-electron chi connectivity index (χ3n) is 3.83. The summed E-state index contributed by atoms with van der Waals surface area (Å²) in [6.45, 7) is 3.73. The van der Waals surface area contributed by atoms with Crippen molar-refractivity contribution in [1.29, 1.82) is 0 Å². The number of hydrogen-bond acceptors (Lipinski definition) is 4. The summed E-state index contributed by atoms with van der Waals surface area (Å²) < 4.78 is 13.5. The van der Waals surface area contributed by atoms with Crippen LogP contribution in [0, 0.1) is 4.77 Å². The Kier molecular flexibility index (Phi) is 3.06. The third-order valence-corrected chi connectivity index (χ3v) is 4.11. The summed E-state index contributed by atoms with van der Waals surface area (Å²) in [5, 5.41) is 0. The molecule has 1 saturated heterocycles. The maximum Gasteiger partial charge on any atom is 0.215 e. The second-order valence-corrected chi connectivity index (χ2v) is 5.49. The van der Waals surface area contributed by atoms with Crippen molar-refractivity contribution in [2.75, 3.05) is 20.3 Å². The molecular formula is C13H17N3O2S. The van der Waals surface area contributed by atoms with E-state index in [0.29, 0.717) is 10.7 Å². The van der Waals surface area contributed by atoms with Gasteiger partial charge in [0, 0.05) is 19.3 Å². The van der Waals surface area contributed by atoms with E-state index >= 15 is 0 Å². The predicted octanol–water partition coefficient (Wildman–Crippen LogP) is 2.63. The molecule has 6 heteroatoms. The minimum absolute atomic E-state index is 0.0487. The lowest BCUT2D eigenvalue weighted by Gasteiger charge is -2.35. The fourth-order valence-electron chi connectivity index (χ4n) is 2.62. The third kappa shape index (κ3) is 2.04. The molecule has 2 aromatic heterocycles. The van der Waals surface area contributed by atoms with Crippen LogP contribution in [0.3, 0.4) is 0 Å². The van der Waals surface area contributed by atoms with Crippen molar-refractivity contribution in [3.8, 4) is 5.88 Å². The fraction of sp³-hybridized carbons (Fsp3) is 0.538. The first-order chi connectivity index (χ1) is 9.14. The standard InChI is InChI=1S/C13H17N3O2S/c1-13(5-7-18-8-6-13)16-11-9(14-12(16)19)3-4-10(15-11)17-2/h3-4H,5-8H2,1-2H3,(H,14,19). The van der Waals surface area contributed by atoms with E-state index in [0.717, 1.165) is 37.2 Å². The number of pyridine rings is 1. The molecule has 2 aromatic rings. The summed E-state index contributed by atoms with van der Waals surface area (Å²) >= 11 is 5.47. The van der Waals surface area contributed by atoms with Crippen LogP contribution in [-0.2, 0) is 10.3 Å². The van der Waals surface area contributed by atoms with Gasteiger partial charge in [0.15, 0.2) is 10.4 Å². The van der Waals surface area contributed by atoms with Crippen LogP contribution in [0.25, 0.3) is 11.2 Å². The first kappa shape index (κ1) is 12.6. The van der Waals surface area contributed by atoms with E-state index in [1.165, 1.54) is 0 Å². The zero-order valence-electron chi connectivity index (χ0n) is 11.1. The number of H-pyrrole nitrogens is 1. The molecule has 0 saturated carbocycles. The Morgan fingerprint density at radius 3 is 2.84 bits per heavy atom. The van der Waals surface area contributed by atoms with E-state index in [2.05, 4.69) is 21.5 Å². The molecule has 0 amide bonds. The number of hydrogen-bond donors (Lipinski definition) is 1. The first-order valence-electron chi connectivity index (χ1n) is 6.38. The molecule has 1 N–H and O–H groups in total. The van der Waals surface area contributed by atoms with E-state index in [4.69, 9.17) is 21.7 Å². The highest BCUT2D eigenvalue weighted by molar-refractivity contribution is 7.71. The molecule has 5 nitrogen and oxygen atoms in total. The highest BCUT2D eigenvalue weighted by atomic mass is 32.1. The number of nitrogens with one attached hydrogen (secondary N) is 1. The molecule has 0 bridgehead atoms. The Hall–Kier alpha value is -1.40. The van der Waals surface area contributed by atoms with Crippen LogP contribution in [0.4, 0.5) is 0 Å². The lowest BCUT2D eigenvalue weighted by Crippen LogP contribution is -2.36. The largest absolute Gasteiger partial charge is 0.481 e. The Balaban J connectivity index is 2.21. The van der Waals surface area contributed by atoms with Crippen LogP contribution in [0.15, 0.2) is 12.1 Å². The second-order valence-electron chi connectivity index (χ2n) is 5.10. The molecule has 19 heavy (non-hydrogen) atoms. The molecule has 0 aromatic carbocycles. The molecule has 3 rings (SSSR count). The summed E-state index contributed by atoms with van der Waals surface area (Å²) in [5.41, 5.74) is 1.75. The number of rotatable bonds is 2. The quantitative estimate of drug-likeness (QED) is 0.859. The van der Waals surface area contributed by atoms with Gasteiger partial charge in [-0.25, -0.2) is 0 Å². The van der Waals surface area contributed by atoms with Crippen molar-refractivity contribution in [1.82, 2.24) is 14.5 Å². The van der Waals surface area contributed by atoms with E-state index in [1.54, 1.807) is 7.11 Å². The van der Waals surface area contributed by atoms with Gasteiger partial charge >= 0.3 is 0 Å². The zero-order chi connectivity index (χ0) is 13.5. The number of fused-ring (bicyclic) bond motifs is 1. The lowest BCUT2D eigenvalue weighted by atomic mass is 9.92. The van der Waals surface area contributed by atoms with Gasteiger partial charge in [0.25, 0.3) is 0 Å². The van der Waals surface area contributed by atoms with Gasteiger partial charge in [-0.05, 0) is 38.0 Å². The van der Waals surface area contributed by atoms with Gasteiger partial charge in [-0.2, -0.15) is 4.98 Å². The maximum absolute atomic E-state index is 5.47. The minimum atomic E-state index is -0.0487. The van der Waals surface area contributed by atoms with Gasteiger partial charge in [0.05, 0.1) is 18.2 Å². The van der Waals surface area contributed by atoms with E-state index < -0.39 is 0 Å². The summed E-state index contributed by atoms with van der Waals surface area (Å²) in [6.07, 6.45) is 1.88. The normalized spacial score (nSPS) is 18.6. The number of imidazole rings is 1. The summed E-state index contributed by atoms with van der Waals surface area (Å²) in [7, 11) is 1.62. The van der Waals surface area contributed by atoms with Crippen LogP contribution in [0.2, 0.25) is 0 Å². The number of aromatic amines is 1. The van der Waals surface area contributed by atoms with Crippen LogP contribution >= 0.6 is 12.2 Å². The van der Waals surface area contributed by atoms with E-state index in [9.17, 15) is 0 Å². The predicted molar refractivity (Wildman–Crippen MR) is 75.2 cm³/mol. The number of aromatic nitrogens is 3. The fourth-order valence-corrected chi connectivity index (χ4v) is 3.03. The molecule has 0 aliphatic carbocycles. The van der Waals surface area contributed by atoms with Crippen LogP contribution in [-0.4, -0.2) is 34.9 Å². The minimum Gasteiger partial charge on any atom is -0.481 e. The average molecular weight is 279 g/mol. The van der Waals surface area contributed by atoms with Gasteiger partial charge in [0.1, 0.15) is 0 Å². The highest BCUT2D eigenvalue weighted by Crippen LogP contribution is 2.32. The summed E-state index contributed by atoms with van der Waals surface area (Å²) in [4.78, 5) is 7.76. The number of nitrogens with zero attached hydrogens (tertiary/aromatic N) is 2. The molecule has 102 valence electrons. The number of methoxy groups -OCH3 is 1. The summed E-state index contributed by atoms with van der Waals surface area (Å²) in [5.74, 6) is 0.603. The zero-order valence-corrected chi connectivity index (χ0v) is 11.9. The van der Waals surface area contributed by atoms with E-state index in [-0.39, 0.29) is 5.54 Å². The van der Waals surface area contributed by atoms with Crippen LogP contribution in [0.1, 0.15) is 19.8 Å². The van der Waals surface area contributed by atoms with Crippen LogP contribution < -0.4 is 4.74 Å². The van der Waals surface area contributed by atoms with Gasteiger partial charge in [-0.3, -0.25) is 4.57 Å². The SMILES string of the molecule is COc1ccc2[nH]c(=S)n(C3(C)CCOCC3)c2n1. The number of ether oxygens (including phenoxy) is 2. The Morgan fingerprint density at radius 2 is 2.16 bits per heavy atom. The lowest BCUT2D eigenvalue weighted by molar-refractivity contribution is 0.0304. The maximum atomic E-state index is 5.47. The first-order valence-corrected chi connectivity index (χ1v) is 6.79. The smallest absolute Gasteiger partial charge is 0.215 e. The molecule has 1 aliphatic rings. The van der Waals surface area contributed by atoms with Gasteiger partial charge < -0.3 is 14.5 Å². The van der Waals surface area contributed by atoms with Gasteiger partial charge in [0.2, 0.25) is 5.88 Å². The molecule has 1 fully saturated rings. The van der Waals surface area contributed by atoms with Gasteiger partial charge in [-0.1, -0.05) is 0 Å². The molecule has 0 spiro atoms. The Labute approximate surface area is 116 Å². The molecule has 3 heterocycles. The van der Waals surface area contributed by atoms with Crippen molar-refractivity contribution >= 4 is 23.4 Å². The summed E-state index contributed by atoms with van der Waals surface area (Å²) in [6, 6.07) is 3.79. The highest BCUT2D eigenvalue weighted by Gasteiger charge is 2.32. The van der Waals surface area contributed by atoms with Crippen LogP contribution in [0.5, 0.6) is 5.88 Å². The second kappa shape index (κ2) is 4.61. The van der Waals surface area contributed by atoms with Crippen molar-refractivity contribution < 1.29 is 9.47 Å². The molecule has 0 unspecified atom stereocenters. The van der Waals surface area contributed by atoms with Gasteiger partial charge in [-0.15, -0.1) is 0 Å². The molecular weight excluding hydrogens is 262 g/mol. The Morgan fingerprint density at radius 1 is 1.42 bits per heavy atom.